The smallest absolute Gasteiger partial charge is 0.310 e. The Morgan fingerprint density at radius 2 is 2.33 bits per heavy atom. The van der Waals surface area contributed by atoms with Gasteiger partial charge < -0.3 is 9.84 Å². The predicted octanol–water partition coefficient (Wildman–Crippen LogP) is 1.70. The Kier molecular flexibility index (Phi) is 4.54. The second-order valence-electron chi connectivity index (χ2n) is 3.29. The number of aromatic hydroxyl groups is 1. The van der Waals surface area contributed by atoms with Crippen molar-refractivity contribution in [1.29, 1.82) is 5.26 Å². The maximum atomic E-state index is 12.4. The van der Waals surface area contributed by atoms with Crippen molar-refractivity contribution in [3.63, 3.8) is 0 Å². The molecular weight excluding hydrogens is 246 g/mol. The lowest BCUT2D eigenvalue weighted by Gasteiger charge is -2.07. The third-order valence-corrected chi connectivity index (χ3v) is 2.06. The van der Waals surface area contributed by atoms with Gasteiger partial charge in [-0.3, -0.25) is 4.79 Å². The lowest BCUT2D eigenvalue weighted by Crippen LogP contribution is -2.10. The monoisotopic (exact) mass is 256 g/mol. The van der Waals surface area contributed by atoms with E-state index in [2.05, 4.69) is 9.72 Å². The summed E-state index contributed by atoms with van der Waals surface area (Å²) in [4.78, 5) is 14.6. The molecule has 0 fully saturated rings. The summed E-state index contributed by atoms with van der Waals surface area (Å²) in [7, 11) is 0. The van der Waals surface area contributed by atoms with Gasteiger partial charge in [-0.05, 0) is 13.0 Å². The van der Waals surface area contributed by atoms with Gasteiger partial charge in [0, 0.05) is 5.56 Å². The van der Waals surface area contributed by atoms with Crippen LogP contribution >= 0.6 is 0 Å². The number of alkyl halides is 2. The van der Waals surface area contributed by atoms with Gasteiger partial charge in [-0.1, -0.05) is 0 Å². The molecule has 5 nitrogen and oxygen atoms in total. The summed E-state index contributed by atoms with van der Waals surface area (Å²) in [6, 6.07) is 2.54. The molecule has 0 aromatic carbocycles. The zero-order valence-corrected chi connectivity index (χ0v) is 9.48. The molecule has 18 heavy (non-hydrogen) atoms. The minimum absolute atomic E-state index is 0.0536. The normalized spacial score (nSPS) is 10.2. The van der Waals surface area contributed by atoms with Gasteiger partial charge in [0.15, 0.2) is 0 Å². The van der Waals surface area contributed by atoms with Gasteiger partial charge in [-0.25, -0.2) is 13.8 Å². The van der Waals surface area contributed by atoms with Crippen LogP contribution in [-0.2, 0) is 16.0 Å². The molecule has 0 atom stereocenters. The fourth-order valence-corrected chi connectivity index (χ4v) is 1.32. The van der Waals surface area contributed by atoms with Crippen molar-refractivity contribution in [2.45, 2.75) is 19.8 Å². The minimum atomic E-state index is -2.99. The lowest BCUT2D eigenvalue weighted by atomic mass is 10.1. The molecule has 0 saturated carbocycles. The van der Waals surface area contributed by atoms with E-state index in [4.69, 9.17) is 5.26 Å². The van der Waals surface area contributed by atoms with E-state index in [-0.39, 0.29) is 24.3 Å². The van der Waals surface area contributed by atoms with Crippen LogP contribution in [0.5, 0.6) is 5.75 Å². The topological polar surface area (TPSA) is 83.2 Å². The summed E-state index contributed by atoms with van der Waals surface area (Å²) < 4.78 is 29.5. The summed E-state index contributed by atoms with van der Waals surface area (Å²) >= 11 is 0. The Morgan fingerprint density at radius 3 is 2.83 bits per heavy atom. The van der Waals surface area contributed by atoms with Gasteiger partial charge in [-0.15, -0.1) is 0 Å². The van der Waals surface area contributed by atoms with Gasteiger partial charge in [0.1, 0.15) is 23.2 Å². The van der Waals surface area contributed by atoms with Gasteiger partial charge in [0.2, 0.25) is 0 Å². The SMILES string of the molecule is CCOC(=O)Cc1cc(O)c(C(F)F)nc1C#N. The molecule has 0 aliphatic heterocycles. The van der Waals surface area contributed by atoms with E-state index >= 15 is 0 Å². The fourth-order valence-electron chi connectivity index (χ4n) is 1.32. The molecule has 96 valence electrons. The zero-order valence-electron chi connectivity index (χ0n) is 9.48. The van der Waals surface area contributed by atoms with Crippen LogP contribution in [0.1, 0.15) is 30.3 Å². The largest absolute Gasteiger partial charge is 0.506 e. The molecule has 0 aliphatic carbocycles. The van der Waals surface area contributed by atoms with Gasteiger partial charge in [0.25, 0.3) is 6.43 Å². The number of hydrogen-bond donors (Lipinski definition) is 1. The van der Waals surface area contributed by atoms with Gasteiger partial charge in [0.05, 0.1) is 13.0 Å². The quantitative estimate of drug-likeness (QED) is 0.829. The number of nitrogens with zero attached hydrogens (tertiary/aromatic N) is 2. The van der Waals surface area contributed by atoms with Crippen LogP contribution < -0.4 is 0 Å². The third kappa shape index (κ3) is 3.13. The molecule has 1 aromatic rings. The van der Waals surface area contributed by atoms with Crippen LogP contribution in [0, 0.1) is 11.3 Å². The van der Waals surface area contributed by atoms with E-state index in [0.29, 0.717) is 0 Å². The van der Waals surface area contributed by atoms with Gasteiger partial charge in [-0.2, -0.15) is 5.26 Å². The fraction of sp³-hybridized carbons (Fsp3) is 0.364. The number of halogens is 2. The van der Waals surface area contributed by atoms with Crippen LogP contribution in [0.3, 0.4) is 0 Å². The Morgan fingerprint density at radius 1 is 1.67 bits per heavy atom. The summed E-state index contributed by atoms with van der Waals surface area (Å²) in [5.74, 6) is -1.37. The van der Waals surface area contributed by atoms with E-state index in [1.807, 2.05) is 0 Å². The highest BCUT2D eigenvalue weighted by Gasteiger charge is 2.20. The van der Waals surface area contributed by atoms with Crippen molar-refractivity contribution in [2.75, 3.05) is 6.61 Å². The molecule has 0 radical (unpaired) electrons. The van der Waals surface area contributed by atoms with Crippen LogP contribution in [-0.4, -0.2) is 22.7 Å². The summed E-state index contributed by atoms with van der Waals surface area (Å²) in [5, 5.41) is 18.1. The first-order chi connectivity index (χ1) is 8.49. The Labute approximate surface area is 102 Å². The number of carbonyl (C=O) groups is 1. The van der Waals surface area contributed by atoms with Crippen LogP contribution in [0.2, 0.25) is 0 Å². The highest BCUT2D eigenvalue weighted by Crippen LogP contribution is 2.28. The number of rotatable bonds is 4. The molecule has 0 unspecified atom stereocenters. The van der Waals surface area contributed by atoms with Crippen LogP contribution in [0.4, 0.5) is 8.78 Å². The van der Waals surface area contributed by atoms with Crippen LogP contribution in [0.25, 0.3) is 0 Å². The predicted molar refractivity (Wildman–Crippen MR) is 55.9 cm³/mol. The molecule has 1 heterocycles. The van der Waals surface area contributed by atoms with Crippen molar-refractivity contribution < 1.29 is 23.4 Å². The molecule has 7 heteroatoms. The maximum absolute atomic E-state index is 12.4. The van der Waals surface area contributed by atoms with E-state index in [0.717, 1.165) is 6.07 Å². The second-order valence-corrected chi connectivity index (χ2v) is 3.29. The lowest BCUT2D eigenvalue weighted by molar-refractivity contribution is -0.142. The molecule has 1 rings (SSSR count). The molecule has 0 aliphatic rings. The zero-order chi connectivity index (χ0) is 13.7. The average molecular weight is 256 g/mol. The molecular formula is C11H10F2N2O3. The first-order valence-corrected chi connectivity index (χ1v) is 5.06. The molecule has 0 spiro atoms. The molecule has 0 amide bonds. The summed E-state index contributed by atoms with van der Waals surface area (Å²) in [5.41, 5.74) is -1.15. The summed E-state index contributed by atoms with van der Waals surface area (Å²) in [6.07, 6.45) is -3.30. The van der Waals surface area contributed by atoms with E-state index in [1.54, 1.807) is 13.0 Å². The first kappa shape index (κ1) is 13.8. The van der Waals surface area contributed by atoms with Crippen molar-refractivity contribution >= 4 is 5.97 Å². The second kappa shape index (κ2) is 5.91. The van der Waals surface area contributed by atoms with Crippen molar-refractivity contribution in [3.05, 3.63) is 23.0 Å². The van der Waals surface area contributed by atoms with Crippen molar-refractivity contribution in [2.24, 2.45) is 0 Å². The van der Waals surface area contributed by atoms with Crippen molar-refractivity contribution in [3.8, 4) is 11.8 Å². The number of ether oxygens (including phenoxy) is 1. The van der Waals surface area contributed by atoms with Crippen LogP contribution in [0.15, 0.2) is 6.07 Å². The molecule has 1 aromatic heterocycles. The number of esters is 1. The Bertz CT molecular complexity index is 498. The number of hydrogen-bond acceptors (Lipinski definition) is 5. The highest BCUT2D eigenvalue weighted by molar-refractivity contribution is 5.73. The van der Waals surface area contributed by atoms with E-state index in [9.17, 15) is 18.7 Å². The van der Waals surface area contributed by atoms with Gasteiger partial charge >= 0.3 is 5.97 Å². The minimum Gasteiger partial charge on any atom is -0.506 e. The molecule has 0 saturated heterocycles. The number of pyridine rings is 1. The molecule has 1 N–H and O–H groups in total. The number of nitriles is 1. The van der Waals surface area contributed by atoms with Crippen molar-refractivity contribution in [1.82, 2.24) is 4.98 Å². The number of carbonyl (C=O) groups excluding carboxylic acids is 1. The summed E-state index contributed by atoms with van der Waals surface area (Å²) in [6.45, 7) is 1.77. The first-order valence-electron chi connectivity index (χ1n) is 5.06. The Hall–Kier alpha value is -2.23. The Balaban J connectivity index is 3.10. The molecule has 0 bridgehead atoms. The maximum Gasteiger partial charge on any atom is 0.310 e. The average Bonchev–Trinajstić information content (AvgIpc) is 2.29. The standard InChI is InChI=1S/C11H10F2N2O3/c1-2-18-9(17)4-6-3-8(16)10(11(12)13)15-7(6)5-14/h3,11,16H,2,4H2,1H3. The highest BCUT2D eigenvalue weighted by atomic mass is 19.3. The number of aromatic nitrogens is 1. The van der Waals surface area contributed by atoms with E-state index in [1.165, 1.54) is 0 Å². The third-order valence-electron chi connectivity index (χ3n) is 2.06. The van der Waals surface area contributed by atoms with E-state index < -0.39 is 23.8 Å².